The maximum absolute atomic E-state index is 9.52. The van der Waals surface area contributed by atoms with Crippen LogP contribution in [0.15, 0.2) is 65.2 Å². The molecule has 5 heterocycles. The minimum Gasteiger partial charge on any atom is -0.395 e. The second-order valence-electron chi connectivity index (χ2n) is 7.50. The van der Waals surface area contributed by atoms with Gasteiger partial charge in [0.15, 0.2) is 0 Å². The Morgan fingerprint density at radius 1 is 1.19 bits per heavy atom. The first-order chi connectivity index (χ1) is 15.2. The van der Waals surface area contributed by atoms with Gasteiger partial charge in [0.05, 0.1) is 36.1 Å². The molecule has 0 spiro atoms. The van der Waals surface area contributed by atoms with Crippen molar-refractivity contribution in [1.82, 2.24) is 29.3 Å². The van der Waals surface area contributed by atoms with Gasteiger partial charge in [0.25, 0.3) is 0 Å². The summed E-state index contributed by atoms with van der Waals surface area (Å²) in [5, 5.41) is 28.6. The molecule has 5 rings (SSSR count). The van der Waals surface area contributed by atoms with E-state index in [0.717, 1.165) is 46.1 Å². The lowest BCUT2D eigenvalue weighted by molar-refractivity contribution is 0.216. The minimum absolute atomic E-state index is 0.183. The number of β-amino-alcohol motifs (C(OH)–C–C–N with tert-alkyl or cyclic N) is 1. The van der Waals surface area contributed by atoms with Gasteiger partial charge in [-0.25, -0.2) is 9.50 Å². The van der Waals surface area contributed by atoms with Crippen molar-refractivity contribution in [1.29, 1.82) is 5.26 Å². The Bertz CT molecular complexity index is 1240. The van der Waals surface area contributed by atoms with Crippen LogP contribution in [0.25, 0.3) is 16.6 Å². The van der Waals surface area contributed by atoms with Gasteiger partial charge in [-0.15, -0.1) is 0 Å². The van der Waals surface area contributed by atoms with E-state index in [9.17, 15) is 10.4 Å². The van der Waals surface area contributed by atoms with E-state index in [1.54, 1.807) is 16.9 Å². The lowest BCUT2D eigenvalue weighted by Crippen LogP contribution is -2.24. The van der Waals surface area contributed by atoms with Crippen LogP contribution in [0.5, 0.6) is 0 Å². The van der Waals surface area contributed by atoms with Crippen molar-refractivity contribution in [2.45, 2.75) is 22.4 Å². The fourth-order valence-corrected chi connectivity index (χ4v) is 4.95. The van der Waals surface area contributed by atoms with Gasteiger partial charge >= 0.3 is 0 Å². The molecule has 0 bridgehead atoms. The van der Waals surface area contributed by atoms with Gasteiger partial charge in [-0.3, -0.25) is 9.58 Å². The number of rotatable bonds is 6. The third kappa shape index (κ3) is 3.93. The molecule has 1 atom stereocenters. The molecule has 1 aliphatic heterocycles. The zero-order chi connectivity index (χ0) is 21.2. The maximum atomic E-state index is 9.52. The largest absolute Gasteiger partial charge is 0.395 e. The van der Waals surface area contributed by atoms with Crippen LogP contribution in [-0.2, 0) is 0 Å². The van der Waals surface area contributed by atoms with E-state index < -0.39 is 0 Å². The summed E-state index contributed by atoms with van der Waals surface area (Å²) in [7, 11) is 0. The molecule has 0 saturated carbocycles. The molecule has 4 aromatic rings. The summed E-state index contributed by atoms with van der Waals surface area (Å²) in [6.45, 7) is 2.76. The first-order valence-electron chi connectivity index (χ1n) is 10.1. The lowest BCUT2D eigenvalue weighted by atomic mass is 10.1. The van der Waals surface area contributed by atoms with Crippen LogP contribution in [0, 0.1) is 11.3 Å². The molecule has 8 nitrogen and oxygen atoms in total. The highest BCUT2D eigenvalue weighted by atomic mass is 32.2. The topological polar surface area (TPSA) is 95.3 Å². The van der Waals surface area contributed by atoms with Crippen LogP contribution in [0.2, 0.25) is 0 Å². The molecule has 0 radical (unpaired) electrons. The normalized spacial score (nSPS) is 16.7. The SMILES string of the molecule is N#Cc1cnn2cc(-c3cnn([C@H]4CCN(CCO)C4)c3)cc(Sc3ccccn3)c12. The number of nitrogens with zero attached hydrogens (tertiary/aromatic N) is 7. The van der Waals surface area contributed by atoms with Crippen LogP contribution in [0.1, 0.15) is 18.0 Å². The van der Waals surface area contributed by atoms with Crippen molar-refractivity contribution in [3.63, 3.8) is 0 Å². The van der Waals surface area contributed by atoms with E-state index in [4.69, 9.17) is 0 Å². The van der Waals surface area contributed by atoms with E-state index in [1.807, 2.05) is 35.3 Å². The molecule has 9 heteroatoms. The van der Waals surface area contributed by atoms with E-state index >= 15 is 0 Å². The molecular weight excluding hydrogens is 410 g/mol. The number of aliphatic hydroxyl groups excluding tert-OH is 1. The number of nitriles is 1. The second-order valence-corrected chi connectivity index (χ2v) is 8.56. The number of hydrogen-bond donors (Lipinski definition) is 1. The number of aromatic nitrogens is 5. The van der Waals surface area contributed by atoms with Gasteiger partial charge in [-0.2, -0.15) is 15.5 Å². The Morgan fingerprint density at radius 3 is 2.94 bits per heavy atom. The van der Waals surface area contributed by atoms with Crippen molar-refractivity contribution in [3.8, 4) is 17.2 Å². The third-order valence-corrected chi connectivity index (χ3v) is 6.50. The predicted molar refractivity (Wildman–Crippen MR) is 117 cm³/mol. The average Bonchev–Trinajstić information content (AvgIpc) is 3.54. The Labute approximate surface area is 183 Å². The Hall–Kier alpha value is -3.19. The van der Waals surface area contributed by atoms with E-state index in [-0.39, 0.29) is 6.61 Å². The van der Waals surface area contributed by atoms with Crippen LogP contribution >= 0.6 is 11.8 Å². The summed E-state index contributed by atoms with van der Waals surface area (Å²) in [4.78, 5) is 7.59. The minimum atomic E-state index is 0.183. The van der Waals surface area contributed by atoms with Gasteiger partial charge in [-0.05, 0) is 24.6 Å². The fourth-order valence-electron chi connectivity index (χ4n) is 3.98. The molecule has 4 aromatic heterocycles. The van der Waals surface area contributed by atoms with Crippen molar-refractivity contribution in [3.05, 3.63) is 60.8 Å². The molecule has 0 aliphatic carbocycles. The molecule has 156 valence electrons. The van der Waals surface area contributed by atoms with E-state index in [0.29, 0.717) is 18.2 Å². The molecular formula is C22H21N7OS. The smallest absolute Gasteiger partial charge is 0.103 e. The predicted octanol–water partition coefficient (Wildman–Crippen LogP) is 2.85. The van der Waals surface area contributed by atoms with Gasteiger partial charge < -0.3 is 5.11 Å². The van der Waals surface area contributed by atoms with Gasteiger partial charge in [0.1, 0.15) is 11.1 Å². The standard InChI is InChI=1S/C22H21N7OS/c23-10-17-11-26-29-13-16(9-20(22(17)29)31-21-3-1-2-5-24-21)18-12-25-28(14-18)19-4-6-27(15-19)7-8-30/h1-3,5,9,11-14,19,30H,4,6-8,15H2/t19-/m0/s1. The van der Waals surface area contributed by atoms with Gasteiger partial charge in [-0.1, -0.05) is 17.8 Å². The Balaban J connectivity index is 1.50. The zero-order valence-corrected chi connectivity index (χ0v) is 17.6. The summed E-state index contributed by atoms with van der Waals surface area (Å²) < 4.78 is 3.78. The van der Waals surface area contributed by atoms with Gasteiger partial charge in [0.2, 0.25) is 0 Å². The van der Waals surface area contributed by atoms with Crippen molar-refractivity contribution in [2.24, 2.45) is 0 Å². The molecule has 1 N–H and O–H groups in total. The highest BCUT2D eigenvalue weighted by Gasteiger charge is 2.24. The zero-order valence-electron chi connectivity index (χ0n) is 16.8. The lowest BCUT2D eigenvalue weighted by Gasteiger charge is -2.14. The van der Waals surface area contributed by atoms with Crippen LogP contribution < -0.4 is 0 Å². The molecule has 1 fully saturated rings. The molecule has 0 amide bonds. The van der Waals surface area contributed by atoms with E-state index in [2.05, 4.69) is 38.4 Å². The van der Waals surface area contributed by atoms with E-state index in [1.165, 1.54) is 11.8 Å². The molecule has 31 heavy (non-hydrogen) atoms. The average molecular weight is 432 g/mol. The van der Waals surface area contributed by atoms with Crippen molar-refractivity contribution < 1.29 is 5.11 Å². The number of fused-ring (bicyclic) bond motifs is 1. The van der Waals surface area contributed by atoms with Crippen molar-refractivity contribution >= 4 is 17.3 Å². The first-order valence-corrected chi connectivity index (χ1v) is 10.9. The second kappa shape index (κ2) is 8.51. The summed E-state index contributed by atoms with van der Waals surface area (Å²) in [6, 6.07) is 10.4. The highest BCUT2D eigenvalue weighted by molar-refractivity contribution is 7.99. The summed E-state index contributed by atoms with van der Waals surface area (Å²) >= 11 is 1.52. The molecule has 0 unspecified atom stereocenters. The quantitative estimate of drug-likeness (QED) is 0.501. The number of hydrogen-bond acceptors (Lipinski definition) is 7. The Kier molecular flexibility index (Phi) is 5.42. The molecule has 0 aromatic carbocycles. The first kappa shape index (κ1) is 19.8. The van der Waals surface area contributed by atoms with Crippen LogP contribution in [0.4, 0.5) is 0 Å². The van der Waals surface area contributed by atoms with Crippen molar-refractivity contribution in [2.75, 3.05) is 26.2 Å². The molecule has 1 aliphatic rings. The van der Waals surface area contributed by atoms with Gasteiger partial charge in [0, 0.05) is 54.2 Å². The number of aliphatic hydroxyl groups is 1. The van der Waals surface area contributed by atoms with Crippen LogP contribution in [-0.4, -0.2) is 60.6 Å². The Morgan fingerprint density at radius 2 is 2.13 bits per heavy atom. The number of pyridine rings is 2. The summed E-state index contributed by atoms with van der Waals surface area (Å²) in [5.74, 6) is 0. The third-order valence-electron chi connectivity index (χ3n) is 5.52. The fraction of sp³-hybridized carbons (Fsp3) is 0.273. The summed E-state index contributed by atoms with van der Waals surface area (Å²) in [5.41, 5.74) is 3.30. The molecule has 1 saturated heterocycles. The monoisotopic (exact) mass is 431 g/mol. The summed E-state index contributed by atoms with van der Waals surface area (Å²) in [6.07, 6.45) is 10.3. The number of likely N-dealkylation sites (tertiary alicyclic amines) is 1. The highest BCUT2D eigenvalue weighted by Crippen LogP contribution is 2.35. The maximum Gasteiger partial charge on any atom is 0.103 e. The van der Waals surface area contributed by atoms with Crippen LogP contribution in [0.3, 0.4) is 0 Å².